The van der Waals surface area contributed by atoms with Crippen molar-refractivity contribution in [1.82, 2.24) is 14.2 Å². The topological polar surface area (TPSA) is 88.5 Å². The van der Waals surface area contributed by atoms with Crippen molar-refractivity contribution in [2.24, 2.45) is 5.92 Å². The van der Waals surface area contributed by atoms with Crippen LogP contribution in [-0.4, -0.2) is 49.2 Å². The van der Waals surface area contributed by atoms with Crippen LogP contribution in [0, 0.1) is 5.92 Å². The first-order valence-electron chi connectivity index (χ1n) is 7.70. The van der Waals surface area contributed by atoms with Gasteiger partial charge in [-0.15, -0.1) is 0 Å². The molecular formula is C15H23N3O4S. The summed E-state index contributed by atoms with van der Waals surface area (Å²) in [6.45, 7) is 2.87. The number of aromatic nitrogens is 1. The highest BCUT2D eigenvalue weighted by atomic mass is 32.2. The number of pyridine rings is 1. The first-order valence-corrected chi connectivity index (χ1v) is 9.60. The number of nitrogens with one attached hydrogen (secondary N) is 1. The van der Waals surface area contributed by atoms with Crippen molar-refractivity contribution in [2.45, 2.75) is 32.4 Å². The van der Waals surface area contributed by atoms with Crippen LogP contribution >= 0.6 is 0 Å². The van der Waals surface area contributed by atoms with Crippen LogP contribution in [0.25, 0.3) is 0 Å². The van der Waals surface area contributed by atoms with Crippen molar-refractivity contribution in [1.29, 1.82) is 0 Å². The monoisotopic (exact) mass is 341 g/mol. The number of carbonyl (C=O) groups excluding carboxylic acids is 1. The maximum Gasteiger partial charge on any atom is 0.250 e. The average molecular weight is 341 g/mol. The van der Waals surface area contributed by atoms with Crippen molar-refractivity contribution in [2.75, 3.05) is 19.3 Å². The third-order valence-corrected chi connectivity index (χ3v) is 4.75. The number of sulfonamides is 1. The molecule has 0 spiro atoms. The minimum absolute atomic E-state index is 0.0237. The normalized spacial score (nSPS) is 21.6. The molecule has 7 nitrogen and oxygen atoms in total. The van der Waals surface area contributed by atoms with Crippen LogP contribution in [0.1, 0.15) is 19.8 Å². The molecule has 1 aliphatic heterocycles. The van der Waals surface area contributed by atoms with E-state index in [0.717, 1.165) is 19.1 Å². The minimum Gasteiger partial charge on any atom is -0.339 e. The van der Waals surface area contributed by atoms with Gasteiger partial charge < -0.3 is 9.47 Å². The number of hydrogen-bond acceptors (Lipinski definition) is 4. The summed E-state index contributed by atoms with van der Waals surface area (Å²) in [6.07, 6.45) is 4.48. The van der Waals surface area contributed by atoms with E-state index in [0.29, 0.717) is 13.1 Å². The van der Waals surface area contributed by atoms with Crippen molar-refractivity contribution < 1.29 is 13.2 Å². The molecule has 1 aromatic heterocycles. The molecule has 1 saturated heterocycles. The highest BCUT2D eigenvalue weighted by molar-refractivity contribution is 7.88. The molecule has 0 unspecified atom stereocenters. The van der Waals surface area contributed by atoms with Crippen molar-refractivity contribution in [3.05, 3.63) is 34.7 Å². The first-order chi connectivity index (χ1) is 10.8. The van der Waals surface area contributed by atoms with E-state index >= 15 is 0 Å². The van der Waals surface area contributed by atoms with Gasteiger partial charge in [0.15, 0.2) is 0 Å². The number of amides is 1. The molecule has 2 atom stereocenters. The van der Waals surface area contributed by atoms with Gasteiger partial charge in [0.1, 0.15) is 6.54 Å². The predicted molar refractivity (Wildman–Crippen MR) is 87.4 cm³/mol. The Morgan fingerprint density at radius 1 is 1.35 bits per heavy atom. The van der Waals surface area contributed by atoms with Crippen LogP contribution in [0.5, 0.6) is 0 Å². The molecule has 128 valence electrons. The molecule has 1 N–H and O–H groups in total. The molecule has 0 saturated carbocycles. The average Bonchev–Trinajstić information content (AvgIpc) is 2.83. The lowest BCUT2D eigenvalue weighted by atomic mass is 9.99. The fourth-order valence-electron chi connectivity index (χ4n) is 2.98. The molecule has 2 heterocycles. The van der Waals surface area contributed by atoms with Gasteiger partial charge in [0.05, 0.1) is 6.26 Å². The summed E-state index contributed by atoms with van der Waals surface area (Å²) in [5, 5.41) is 0. The lowest BCUT2D eigenvalue weighted by Gasteiger charge is -2.17. The van der Waals surface area contributed by atoms with E-state index in [2.05, 4.69) is 4.72 Å². The Morgan fingerprint density at radius 3 is 2.70 bits per heavy atom. The number of rotatable bonds is 6. The molecule has 0 aliphatic carbocycles. The maximum absolute atomic E-state index is 12.4. The highest BCUT2D eigenvalue weighted by Gasteiger charge is 2.36. The lowest BCUT2D eigenvalue weighted by molar-refractivity contribution is -0.131. The zero-order chi connectivity index (χ0) is 17.0. The van der Waals surface area contributed by atoms with E-state index in [1.165, 1.54) is 10.6 Å². The van der Waals surface area contributed by atoms with Crippen LogP contribution in [-0.2, 0) is 21.4 Å². The van der Waals surface area contributed by atoms with Gasteiger partial charge in [0.25, 0.3) is 5.56 Å². The molecule has 0 aromatic carbocycles. The Kier molecular flexibility index (Phi) is 5.59. The van der Waals surface area contributed by atoms with Crippen LogP contribution in [0.15, 0.2) is 29.2 Å². The summed E-state index contributed by atoms with van der Waals surface area (Å²) < 4.78 is 27.0. The lowest BCUT2D eigenvalue weighted by Crippen LogP contribution is -2.41. The van der Waals surface area contributed by atoms with Crippen molar-refractivity contribution >= 4 is 15.9 Å². The molecule has 1 fully saturated rings. The van der Waals surface area contributed by atoms with E-state index in [9.17, 15) is 18.0 Å². The van der Waals surface area contributed by atoms with Gasteiger partial charge in [-0.25, -0.2) is 13.1 Å². The van der Waals surface area contributed by atoms with Crippen LogP contribution in [0.3, 0.4) is 0 Å². The third-order valence-electron chi connectivity index (χ3n) is 4.02. The van der Waals surface area contributed by atoms with Gasteiger partial charge >= 0.3 is 0 Å². The Balaban J connectivity index is 2.07. The highest BCUT2D eigenvalue weighted by Crippen LogP contribution is 2.22. The standard InChI is InChI=1S/C15H23N3O4S/c1-3-6-12-9-18(10-13(12)16-23(2,21)22)15(20)11-17-8-5-4-7-14(17)19/h4-5,7-8,12-13,16H,3,6,9-11H2,1-2H3/t12-,13-/m0/s1. The number of carbonyl (C=O) groups is 1. The predicted octanol–water partition coefficient (Wildman–Crippen LogP) is 0.0246. The second-order valence-electron chi connectivity index (χ2n) is 6.01. The van der Waals surface area contributed by atoms with E-state index in [1.807, 2.05) is 6.92 Å². The number of likely N-dealkylation sites (tertiary alicyclic amines) is 1. The minimum atomic E-state index is -3.32. The molecule has 8 heteroatoms. The second kappa shape index (κ2) is 7.27. The molecule has 0 bridgehead atoms. The second-order valence-corrected chi connectivity index (χ2v) is 7.79. The smallest absolute Gasteiger partial charge is 0.250 e. The largest absolute Gasteiger partial charge is 0.339 e. The van der Waals surface area contributed by atoms with Gasteiger partial charge in [-0.3, -0.25) is 9.59 Å². The quantitative estimate of drug-likeness (QED) is 0.790. The molecule has 1 amide bonds. The molecule has 2 rings (SSSR count). The zero-order valence-corrected chi connectivity index (χ0v) is 14.3. The Morgan fingerprint density at radius 2 is 2.09 bits per heavy atom. The molecule has 23 heavy (non-hydrogen) atoms. The summed E-state index contributed by atoms with van der Waals surface area (Å²) >= 11 is 0. The molecular weight excluding hydrogens is 318 g/mol. The Bertz CT molecular complexity index is 713. The van der Waals surface area contributed by atoms with Crippen molar-refractivity contribution in [3.63, 3.8) is 0 Å². The molecule has 0 radical (unpaired) electrons. The van der Waals surface area contributed by atoms with Gasteiger partial charge in [-0.05, 0) is 18.4 Å². The van der Waals surface area contributed by atoms with Gasteiger partial charge in [0.2, 0.25) is 15.9 Å². The summed E-state index contributed by atoms with van der Waals surface area (Å²) in [5.74, 6) is -0.0663. The Hall–Kier alpha value is -1.67. The summed E-state index contributed by atoms with van der Waals surface area (Å²) in [4.78, 5) is 25.7. The number of hydrogen-bond donors (Lipinski definition) is 1. The molecule has 1 aromatic rings. The summed E-state index contributed by atoms with van der Waals surface area (Å²) in [7, 11) is -3.32. The van der Waals surface area contributed by atoms with Crippen LogP contribution in [0.4, 0.5) is 0 Å². The zero-order valence-electron chi connectivity index (χ0n) is 13.4. The van der Waals surface area contributed by atoms with Crippen LogP contribution < -0.4 is 10.3 Å². The van der Waals surface area contributed by atoms with Gasteiger partial charge in [0, 0.05) is 31.4 Å². The van der Waals surface area contributed by atoms with Gasteiger partial charge in [-0.1, -0.05) is 19.4 Å². The SMILES string of the molecule is CCC[C@H]1CN(C(=O)Cn2ccccc2=O)C[C@@H]1NS(C)(=O)=O. The fourth-order valence-corrected chi connectivity index (χ4v) is 3.80. The third kappa shape index (κ3) is 4.90. The number of nitrogens with zero attached hydrogens (tertiary/aromatic N) is 2. The van der Waals surface area contributed by atoms with E-state index in [1.54, 1.807) is 23.2 Å². The van der Waals surface area contributed by atoms with E-state index < -0.39 is 10.0 Å². The molecule has 1 aliphatic rings. The van der Waals surface area contributed by atoms with Crippen LogP contribution in [0.2, 0.25) is 0 Å². The van der Waals surface area contributed by atoms with Crippen molar-refractivity contribution in [3.8, 4) is 0 Å². The van der Waals surface area contributed by atoms with E-state index in [4.69, 9.17) is 0 Å². The summed E-state index contributed by atoms with van der Waals surface area (Å²) in [5.41, 5.74) is -0.226. The van der Waals surface area contributed by atoms with Gasteiger partial charge in [-0.2, -0.15) is 0 Å². The Labute approximate surface area is 136 Å². The fraction of sp³-hybridized carbons (Fsp3) is 0.600. The maximum atomic E-state index is 12.4. The first kappa shape index (κ1) is 17.7. The van der Waals surface area contributed by atoms with E-state index in [-0.39, 0.29) is 30.0 Å². The summed E-state index contributed by atoms with van der Waals surface area (Å²) in [6, 6.07) is 4.47.